The number of amides is 2. The molecule has 2 atom stereocenters. The molecule has 0 bridgehead atoms. The van der Waals surface area contributed by atoms with Crippen molar-refractivity contribution in [3.05, 3.63) is 0 Å². The number of rotatable bonds is 1. The fourth-order valence-corrected chi connectivity index (χ4v) is 4.13. The van der Waals surface area contributed by atoms with Gasteiger partial charge in [0.15, 0.2) is 9.84 Å². The van der Waals surface area contributed by atoms with E-state index in [0.29, 0.717) is 0 Å². The van der Waals surface area contributed by atoms with E-state index >= 15 is 0 Å². The molecule has 1 N–H and O–H groups in total. The van der Waals surface area contributed by atoms with Crippen molar-refractivity contribution < 1.29 is 22.7 Å². The Labute approximate surface area is 99.0 Å². The van der Waals surface area contributed by atoms with Crippen LogP contribution >= 0.6 is 0 Å². The highest BCUT2D eigenvalue weighted by molar-refractivity contribution is 7.91. The molecule has 17 heavy (non-hydrogen) atoms. The van der Waals surface area contributed by atoms with Crippen molar-refractivity contribution in [3.8, 4) is 0 Å². The normalized spacial score (nSPS) is 30.6. The zero-order chi connectivity index (χ0) is 12.6. The summed E-state index contributed by atoms with van der Waals surface area (Å²) in [6, 6.07) is -1.01. The van der Waals surface area contributed by atoms with Crippen molar-refractivity contribution in [1.82, 2.24) is 10.2 Å². The van der Waals surface area contributed by atoms with E-state index < -0.39 is 28.0 Å². The molecule has 2 aliphatic rings. The van der Waals surface area contributed by atoms with Gasteiger partial charge < -0.3 is 10.1 Å². The Bertz CT molecular complexity index is 446. The van der Waals surface area contributed by atoms with Crippen molar-refractivity contribution in [2.24, 2.45) is 0 Å². The number of carbonyl (C=O) groups is 2. The Kier molecular flexibility index (Phi) is 2.98. The number of carbonyl (C=O) groups excluding carboxylic acids is 2. The van der Waals surface area contributed by atoms with Crippen LogP contribution in [0.15, 0.2) is 0 Å². The highest BCUT2D eigenvalue weighted by atomic mass is 32.2. The number of hydrogen-bond acceptors (Lipinski definition) is 5. The predicted molar refractivity (Wildman–Crippen MR) is 58.1 cm³/mol. The van der Waals surface area contributed by atoms with Crippen molar-refractivity contribution >= 4 is 21.8 Å². The molecule has 7 nitrogen and oxygen atoms in total. The Balaban J connectivity index is 2.21. The third-order valence-corrected chi connectivity index (χ3v) is 4.60. The molecule has 8 heteroatoms. The molecule has 0 radical (unpaired) electrons. The minimum absolute atomic E-state index is 0.112. The van der Waals surface area contributed by atoms with Crippen LogP contribution in [0.3, 0.4) is 0 Å². The molecule has 0 aliphatic carbocycles. The van der Waals surface area contributed by atoms with Gasteiger partial charge in [-0.25, -0.2) is 13.2 Å². The molecule has 2 saturated heterocycles. The SMILES string of the molecule is CCOC(=O)N1CC(=O)N[C@H]2CS(=O)(=O)C[C@@H]21. The Hall–Kier alpha value is -1.31. The van der Waals surface area contributed by atoms with Crippen LogP contribution in [0.4, 0.5) is 4.79 Å². The number of ether oxygens (including phenoxy) is 1. The predicted octanol–water partition coefficient (Wildman–Crippen LogP) is -1.26. The van der Waals surface area contributed by atoms with Crippen LogP contribution in [0.25, 0.3) is 0 Å². The molecular formula is C9H14N2O5S. The number of nitrogens with one attached hydrogen (secondary N) is 1. The maximum atomic E-state index is 11.6. The lowest BCUT2D eigenvalue weighted by atomic mass is 10.1. The summed E-state index contributed by atoms with van der Waals surface area (Å²) in [5.74, 6) is -0.577. The van der Waals surface area contributed by atoms with Gasteiger partial charge in [-0.3, -0.25) is 9.69 Å². The second-order valence-electron chi connectivity index (χ2n) is 4.15. The van der Waals surface area contributed by atoms with E-state index in [2.05, 4.69) is 5.32 Å². The Morgan fingerprint density at radius 1 is 1.53 bits per heavy atom. The van der Waals surface area contributed by atoms with E-state index in [1.807, 2.05) is 0 Å². The molecule has 0 aromatic carbocycles. The highest BCUT2D eigenvalue weighted by Gasteiger charge is 2.47. The molecule has 0 aromatic heterocycles. The van der Waals surface area contributed by atoms with Gasteiger partial charge in [-0.15, -0.1) is 0 Å². The van der Waals surface area contributed by atoms with Gasteiger partial charge >= 0.3 is 6.09 Å². The molecule has 96 valence electrons. The molecule has 2 fully saturated rings. The third kappa shape index (κ3) is 2.36. The first-order chi connectivity index (χ1) is 7.93. The summed E-state index contributed by atoms with van der Waals surface area (Å²) in [4.78, 5) is 24.2. The molecule has 0 saturated carbocycles. The summed E-state index contributed by atoms with van der Waals surface area (Å²) in [5.41, 5.74) is 0. The van der Waals surface area contributed by atoms with Gasteiger partial charge in [0.2, 0.25) is 5.91 Å². The van der Waals surface area contributed by atoms with Gasteiger partial charge in [0.1, 0.15) is 6.54 Å². The average Bonchev–Trinajstić information content (AvgIpc) is 2.51. The molecular weight excluding hydrogens is 248 g/mol. The molecule has 0 spiro atoms. The summed E-state index contributed by atoms with van der Waals surface area (Å²) in [5, 5.41) is 2.59. The van der Waals surface area contributed by atoms with E-state index in [1.54, 1.807) is 6.92 Å². The summed E-state index contributed by atoms with van der Waals surface area (Å²) in [6.07, 6.45) is -0.630. The van der Waals surface area contributed by atoms with Crippen LogP contribution in [-0.2, 0) is 19.4 Å². The number of fused-ring (bicyclic) bond motifs is 1. The average molecular weight is 262 g/mol. The van der Waals surface area contributed by atoms with Crippen molar-refractivity contribution in [2.75, 3.05) is 24.7 Å². The smallest absolute Gasteiger partial charge is 0.410 e. The summed E-state index contributed by atoms with van der Waals surface area (Å²) >= 11 is 0. The van der Waals surface area contributed by atoms with Gasteiger partial charge in [-0.2, -0.15) is 0 Å². The van der Waals surface area contributed by atoms with Crippen LogP contribution in [0.2, 0.25) is 0 Å². The van der Waals surface area contributed by atoms with Gasteiger partial charge in [-0.05, 0) is 6.92 Å². The topological polar surface area (TPSA) is 92.8 Å². The fourth-order valence-electron chi connectivity index (χ4n) is 2.20. The number of piperazine rings is 1. The van der Waals surface area contributed by atoms with Gasteiger partial charge in [0.25, 0.3) is 0 Å². The molecule has 2 rings (SSSR count). The number of hydrogen-bond donors (Lipinski definition) is 1. The van der Waals surface area contributed by atoms with Gasteiger partial charge in [0, 0.05) is 0 Å². The standard InChI is InChI=1S/C9H14N2O5S/c1-2-16-9(13)11-3-8(12)10-6-4-17(14,15)5-7(6)11/h6-7H,2-5H2,1H3,(H,10,12)/t6-,7-/m0/s1. The van der Waals surface area contributed by atoms with Gasteiger partial charge in [-0.1, -0.05) is 0 Å². The maximum absolute atomic E-state index is 11.6. The second-order valence-corrected chi connectivity index (χ2v) is 6.30. The first-order valence-electron chi connectivity index (χ1n) is 5.36. The van der Waals surface area contributed by atoms with Crippen LogP contribution < -0.4 is 5.32 Å². The molecule has 2 aliphatic heterocycles. The zero-order valence-corrected chi connectivity index (χ0v) is 10.2. The largest absolute Gasteiger partial charge is 0.450 e. The Morgan fingerprint density at radius 2 is 2.24 bits per heavy atom. The Morgan fingerprint density at radius 3 is 2.88 bits per heavy atom. The van der Waals surface area contributed by atoms with Crippen LogP contribution in [0.5, 0.6) is 0 Å². The third-order valence-electron chi connectivity index (χ3n) is 2.89. The van der Waals surface area contributed by atoms with Crippen LogP contribution in [0.1, 0.15) is 6.92 Å². The van der Waals surface area contributed by atoms with Crippen LogP contribution in [0, 0.1) is 0 Å². The highest BCUT2D eigenvalue weighted by Crippen LogP contribution is 2.22. The van der Waals surface area contributed by atoms with E-state index in [1.165, 1.54) is 4.90 Å². The number of sulfone groups is 1. The molecule has 2 heterocycles. The first kappa shape index (κ1) is 12.2. The monoisotopic (exact) mass is 262 g/mol. The second kappa shape index (κ2) is 4.17. The molecule has 2 amide bonds. The van der Waals surface area contributed by atoms with Crippen molar-refractivity contribution in [3.63, 3.8) is 0 Å². The summed E-state index contributed by atoms with van der Waals surface area (Å²) < 4.78 is 27.8. The van der Waals surface area contributed by atoms with Crippen LogP contribution in [-0.4, -0.2) is 62.1 Å². The van der Waals surface area contributed by atoms with E-state index in [4.69, 9.17) is 4.74 Å². The fraction of sp³-hybridized carbons (Fsp3) is 0.778. The molecule has 0 aromatic rings. The van der Waals surface area contributed by atoms with E-state index in [9.17, 15) is 18.0 Å². The molecule has 0 unspecified atom stereocenters. The quantitative estimate of drug-likeness (QED) is 0.636. The lowest BCUT2D eigenvalue weighted by molar-refractivity contribution is -0.126. The minimum atomic E-state index is -3.20. The lowest BCUT2D eigenvalue weighted by Crippen LogP contribution is -2.61. The number of nitrogens with zero attached hydrogens (tertiary/aromatic N) is 1. The lowest BCUT2D eigenvalue weighted by Gasteiger charge is -2.35. The minimum Gasteiger partial charge on any atom is -0.450 e. The van der Waals surface area contributed by atoms with Gasteiger partial charge in [0.05, 0.1) is 30.2 Å². The van der Waals surface area contributed by atoms with Crippen molar-refractivity contribution in [1.29, 1.82) is 0 Å². The van der Waals surface area contributed by atoms with Crippen molar-refractivity contribution in [2.45, 2.75) is 19.0 Å². The maximum Gasteiger partial charge on any atom is 0.410 e. The zero-order valence-electron chi connectivity index (χ0n) is 9.38. The van der Waals surface area contributed by atoms with E-state index in [-0.39, 0.29) is 30.6 Å². The summed E-state index contributed by atoms with van der Waals surface area (Å²) in [6.45, 7) is 1.71. The summed E-state index contributed by atoms with van der Waals surface area (Å²) in [7, 11) is -3.20. The first-order valence-corrected chi connectivity index (χ1v) is 7.18. The van der Waals surface area contributed by atoms with E-state index in [0.717, 1.165) is 0 Å².